The van der Waals surface area contributed by atoms with Gasteiger partial charge in [-0.15, -0.1) is 0 Å². The Morgan fingerprint density at radius 1 is 1.03 bits per heavy atom. The Morgan fingerprint density at radius 2 is 1.76 bits per heavy atom. The van der Waals surface area contributed by atoms with Gasteiger partial charge in [-0.05, 0) is 54.9 Å². The standard InChI is InChI=1S/C23H26N2O4/c26-21(25-28)20-13-23(20,22(27)24-14-17-6-7-17)12-16-8-10-19(11-9-16)29-15-18-4-2-1-3-5-18/h1-5,8-11,17,20,28H,6-7,12-15H2,(H,24,27)(H,25,26)/t20-,23+/m1/s1. The van der Waals surface area contributed by atoms with Gasteiger partial charge in [0.25, 0.3) is 0 Å². The maximum Gasteiger partial charge on any atom is 0.247 e. The van der Waals surface area contributed by atoms with E-state index in [-0.39, 0.29) is 5.91 Å². The van der Waals surface area contributed by atoms with Crippen molar-refractivity contribution in [2.24, 2.45) is 17.3 Å². The van der Waals surface area contributed by atoms with Crippen molar-refractivity contribution in [2.45, 2.75) is 32.3 Å². The first kappa shape index (κ1) is 19.5. The minimum Gasteiger partial charge on any atom is -0.489 e. The molecule has 6 nitrogen and oxygen atoms in total. The van der Waals surface area contributed by atoms with Crippen LogP contribution in [0, 0.1) is 17.3 Å². The molecule has 2 fully saturated rings. The molecule has 0 saturated heterocycles. The van der Waals surface area contributed by atoms with Crippen molar-refractivity contribution in [2.75, 3.05) is 6.54 Å². The first-order valence-electron chi connectivity index (χ1n) is 10.1. The Kier molecular flexibility index (Phi) is 5.53. The number of amides is 2. The largest absolute Gasteiger partial charge is 0.489 e. The van der Waals surface area contributed by atoms with E-state index in [1.807, 2.05) is 54.6 Å². The summed E-state index contributed by atoms with van der Waals surface area (Å²) in [5.41, 5.74) is 2.98. The summed E-state index contributed by atoms with van der Waals surface area (Å²) in [6, 6.07) is 17.6. The van der Waals surface area contributed by atoms with E-state index >= 15 is 0 Å². The van der Waals surface area contributed by atoms with E-state index in [9.17, 15) is 9.59 Å². The van der Waals surface area contributed by atoms with Gasteiger partial charge in [-0.25, -0.2) is 5.48 Å². The third-order valence-electron chi connectivity index (χ3n) is 5.89. The van der Waals surface area contributed by atoms with Crippen LogP contribution in [0.15, 0.2) is 54.6 Å². The minimum atomic E-state index is -0.784. The van der Waals surface area contributed by atoms with Crippen LogP contribution in [-0.2, 0) is 22.6 Å². The maximum absolute atomic E-state index is 12.8. The second-order valence-corrected chi connectivity index (χ2v) is 8.14. The second kappa shape index (κ2) is 8.25. The van der Waals surface area contributed by atoms with Gasteiger partial charge in [0, 0.05) is 6.54 Å². The lowest BCUT2D eigenvalue weighted by Crippen LogP contribution is -2.38. The van der Waals surface area contributed by atoms with Gasteiger partial charge in [-0.2, -0.15) is 0 Å². The molecule has 2 aromatic rings. The molecule has 2 aliphatic rings. The summed E-state index contributed by atoms with van der Waals surface area (Å²) in [4.78, 5) is 24.8. The molecule has 2 aliphatic carbocycles. The second-order valence-electron chi connectivity index (χ2n) is 8.14. The van der Waals surface area contributed by atoms with Crippen molar-refractivity contribution in [1.29, 1.82) is 0 Å². The highest BCUT2D eigenvalue weighted by Crippen LogP contribution is 2.55. The van der Waals surface area contributed by atoms with Crippen molar-refractivity contribution in [3.05, 3.63) is 65.7 Å². The molecule has 0 radical (unpaired) electrons. The van der Waals surface area contributed by atoms with E-state index in [0.29, 0.717) is 31.9 Å². The summed E-state index contributed by atoms with van der Waals surface area (Å²) < 4.78 is 5.81. The van der Waals surface area contributed by atoms with E-state index in [1.54, 1.807) is 5.48 Å². The van der Waals surface area contributed by atoms with Crippen molar-refractivity contribution in [1.82, 2.24) is 10.8 Å². The molecule has 2 saturated carbocycles. The SMILES string of the molecule is O=C(NO)[C@H]1C[C@]1(Cc1ccc(OCc2ccccc2)cc1)C(=O)NCC1CC1. The van der Waals surface area contributed by atoms with Gasteiger partial charge in [0.1, 0.15) is 12.4 Å². The fourth-order valence-electron chi connectivity index (χ4n) is 3.80. The molecule has 0 heterocycles. The first-order chi connectivity index (χ1) is 14.1. The van der Waals surface area contributed by atoms with E-state index in [2.05, 4.69) is 5.32 Å². The lowest BCUT2D eigenvalue weighted by atomic mass is 9.92. The van der Waals surface area contributed by atoms with E-state index in [0.717, 1.165) is 29.7 Å². The van der Waals surface area contributed by atoms with Crippen LogP contribution in [0.3, 0.4) is 0 Å². The predicted molar refractivity (Wildman–Crippen MR) is 107 cm³/mol. The van der Waals surface area contributed by atoms with E-state index < -0.39 is 17.2 Å². The van der Waals surface area contributed by atoms with Gasteiger partial charge in [-0.1, -0.05) is 42.5 Å². The zero-order chi connectivity index (χ0) is 20.3. The molecule has 29 heavy (non-hydrogen) atoms. The molecular weight excluding hydrogens is 368 g/mol. The Labute approximate surface area is 170 Å². The van der Waals surface area contributed by atoms with Crippen molar-refractivity contribution in [3.8, 4) is 5.75 Å². The number of hydroxylamine groups is 1. The lowest BCUT2D eigenvalue weighted by Gasteiger charge is -2.17. The number of nitrogens with one attached hydrogen (secondary N) is 2. The van der Waals surface area contributed by atoms with Crippen molar-refractivity contribution >= 4 is 11.8 Å². The summed E-state index contributed by atoms with van der Waals surface area (Å²) >= 11 is 0. The average molecular weight is 394 g/mol. The smallest absolute Gasteiger partial charge is 0.247 e. The number of benzene rings is 2. The molecule has 2 aromatic carbocycles. The van der Waals surface area contributed by atoms with Gasteiger partial charge in [0.2, 0.25) is 11.8 Å². The predicted octanol–water partition coefficient (Wildman–Crippen LogP) is 2.85. The van der Waals surface area contributed by atoms with Crippen LogP contribution in [0.2, 0.25) is 0 Å². The maximum atomic E-state index is 12.8. The molecule has 0 spiro atoms. The molecular formula is C23H26N2O4. The molecule has 3 N–H and O–H groups in total. The average Bonchev–Trinajstić information content (AvgIpc) is 3.68. The molecule has 2 atom stereocenters. The highest BCUT2D eigenvalue weighted by Gasteiger charge is 2.63. The van der Waals surface area contributed by atoms with E-state index in [4.69, 9.17) is 9.94 Å². The van der Waals surface area contributed by atoms with Gasteiger partial charge >= 0.3 is 0 Å². The van der Waals surface area contributed by atoms with Gasteiger partial charge < -0.3 is 10.1 Å². The third-order valence-corrected chi connectivity index (χ3v) is 5.89. The minimum absolute atomic E-state index is 0.0950. The van der Waals surface area contributed by atoms with Crippen LogP contribution in [0.5, 0.6) is 5.75 Å². The third kappa shape index (κ3) is 4.59. The van der Waals surface area contributed by atoms with Crippen LogP contribution >= 0.6 is 0 Å². The lowest BCUT2D eigenvalue weighted by molar-refractivity contribution is -0.135. The van der Waals surface area contributed by atoms with Crippen molar-refractivity contribution in [3.63, 3.8) is 0 Å². The number of carbonyl (C=O) groups excluding carboxylic acids is 2. The topological polar surface area (TPSA) is 87.7 Å². The Balaban J connectivity index is 1.39. The Hall–Kier alpha value is -2.86. The molecule has 0 bridgehead atoms. The molecule has 152 valence electrons. The molecule has 6 heteroatoms. The summed E-state index contributed by atoms with van der Waals surface area (Å²) in [6.07, 6.45) is 3.21. The van der Waals surface area contributed by atoms with Gasteiger partial charge in [0.15, 0.2) is 0 Å². The van der Waals surface area contributed by atoms with Crippen LogP contribution in [-0.4, -0.2) is 23.6 Å². The Morgan fingerprint density at radius 3 is 2.41 bits per heavy atom. The fraction of sp³-hybridized carbons (Fsp3) is 0.391. The number of hydrogen-bond acceptors (Lipinski definition) is 4. The quantitative estimate of drug-likeness (QED) is 0.451. The zero-order valence-electron chi connectivity index (χ0n) is 16.3. The summed E-state index contributed by atoms with van der Waals surface area (Å²) in [7, 11) is 0. The van der Waals surface area contributed by atoms with Crippen LogP contribution in [0.25, 0.3) is 0 Å². The molecule has 4 rings (SSSR count). The monoisotopic (exact) mass is 394 g/mol. The van der Waals surface area contributed by atoms with E-state index in [1.165, 1.54) is 0 Å². The molecule has 0 aliphatic heterocycles. The highest BCUT2D eigenvalue weighted by atomic mass is 16.5. The van der Waals surface area contributed by atoms with Crippen molar-refractivity contribution < 1.29 is 19.5 Å². The number of hydrogen-bond donors (Lipinski definition) is 3. The van der Waals surface area contributed by atoms with Crippen LogP contribution in [0.1, 0.15) is 30.4 Å². The van der Waals surface area contributed by atoms with Gasteiger partial charge in [-0.3, -0.25) is 14.8 Å². The normalized spacial score (nSPS) is 22.6. The first-order valence-corrected chi connectivity index (χ1v) is 10.1. The highest BCUT2D eigenvalue weighted by molar-refractivity contribution is 5.95. The molecule has 0 aromatic heterocycles. The zero-order valence-corrected chi connectivity index (χ0v) is 16.3. The number of carbonyl (C=O) groups is 2. The summed E-state index contributed by atoms with van der Waals surface area (Å²) in [5.74, 6) is 0.240. The molecule has 2 amide bonds. The number of ether oxygens (including phenoxy) is 1. The summed E-state index contributed by atoms with van der Waals surface area (Å²) in [5, 5.41) is 12.0. The van der Waals surface area contributed by atoms with Crippen LogP contribution in [0.4, 0.5) is 0 Å². The Bertz CT molecular complexity index is 864. The number of rotatable bonds is 9. The van der Waals surface area contributed by atoms with Gasteiger partial charge in [0.05, 0.1) is 11.3 Å². The fourth-order valence-corrected chi connectivity index (χ4v) is 3.80. The summed E-state index contributed by atoms with van der Waals surface area (Å²) in [6.45, 7) is 1.16. The van der Waals surface area contributed by atoms with Crippen LogP contribution < -0.4 is 15.5 Å². The molecule has 0 unspecified atom stereocenters.